The van der Waals surface area contributed by atoms with Gasteiger partial charge in [0.1, 0.15) is 0 Å². The van der Waals surface area contributed by atoms with Crippen LogP contribution in [0.1, 0.15) is 23.6 Å². The summed E-state index contributed by atoms with van der Waals surface area (Å²) >= 11 is 1.54. The lowest BCUT2D eigenvalue weighted by molar-refractivity contribution is -0.115. The summed E-state index contributed by atoms with van der Waals surface area (Å²) in [5.41, 5.74) is 3.58. The van der Waals surface area contributed by atoms with Crippen LogP contribution in [0.3, 0.4) is 0 Å². The zero-order valence-electron chi connectivity index (χ0n) is 12.9. The average Bonchev–Trinajstić information content (AvgIpc) is 2.50. The molecule has 0 radical (unpaired) electrons. The van der Waals surface area contributed by atoms with Crippen molar-refractivity contribution < 1.29 is 4.79 Å². The maximum atomic E-state index is 12.3. The summed E-state index contributed by atoms with van der Waals surface area (Å²) in [4.78, 5) is 13.4. The van der Waals surface area contributed by atoms with Crippen LogP contribution in [0.5, 0.6) is 0 Å². The van der Waals surface area contributed by atoms with Gasteiger partial charge in [-0.2, -0.15) is 5.26 Å². The molecule has 0 unspecified atom stereocenters. The first-order valence-electron chi connectivity index (χ1n) is 7.04. The molecule has 112 valence electrons. The molecule has 1 atom stereocenters. The second-order valence-electron chi connectivity index (χ2n) is 5.21. The Kier molecular flexibility index (Phi) is 5.24. The number of rotatable bonds is 4. The van der Waals surface area contributed by atoms with E-state index >= 15 is 0 Å². The second kappa shape index (κ2) is 7.15. The number of benzene rings is 2. The van der Waals surface area contributed by atoms with Crippen molar-refractivity contribution in [2.75, 3.05) is 5.32 Å². The van der Waals surface area contributed by atoms with E-state index in [0.717, 1.165) is 4.90 Å². The maximum Gasteiger partial charge on any atom is 0.237 e. The molecule has 0 heterocycles. The number of amides is 1. The first kappa shape index (κ1) is 16.1. The molecule has 3 nitrogen and oxygen atoms in total. The van der Waals surface area contributed by atoms with Gasteiger partial charge < -0.3 is 5.32 Å². The van der Waals surface area contributed by atoms with E-state index in [4.69, 9.17) is 5.26 Å². The van der Waals surface area contributed by atoms with Gasteiger partial charge in [-0.15, -0.1) is 11.8 Å². The number of hydrogen-bond donors (Lipinski definition) is 1. The molecule has 0 aliphatic carbocycles. The van der Waals surface area contributed by atoms with E-state index in [-0.39, 0.29) is 11.2 Å². The largest absolute Gasteiger partial charge is 0.325 e. The fraction of sp³-hybridized carbons (Fsp3) is 0.222. The fourth-order valence-electron chi connectivity index (χ4n) is 2.09. The van der Waals surface area contributed by atoms with Crippen LogP contribution in [0.15, 0.2) is 47.4 Å². The van der Waals surface area contributed by atoms with Gasteiger partial charge in [0.05, 0.1) is 16.9 Å². The number of nitrogens with one attached hydrogen (secondary N) is 1. The third-order valence-corrected chi connectivity index (χ3v) is 4.54. The van der Waals surface area contributed by atoms with Crippen molar-refractivity contribution in [2.45, 2.75) is 30.9 Å². The molecule has 0 aliphatic rings. The lowest BCUT2D eigenvalue weighted by Crippen LogP contribution is -2.22. The number of nitrogens with zero attached hydrogens (tertiary/aromatic N) is 1. The second-order valence-corrected chi connectivity index (χ2v) is 6.59. The molecule has 2 aromatic carbocycles. The van der Waals surface area contributed by atoms with Crippen LogP contribution in [0, 0.1) is 25.2 Å². The van der Waals surface area contributed by atoms with E-state index < -0.39 is 0 Å². The molecule has 2 rings (SSSR count). The monoisotopic (exact) mass is 310 g/mol. The number of carbonyl (C=O) groups excluding carboxylic acids is 1. The van der Waals surface area contributed by atoms with Gasteiger partial charge >= 0.3 is 0 Å². The van der Waals surface area contributed by atoms with Gasteiger partial charge in [0.15, 0.2) is 0 Å². The van der Waals surface area contributed by atoms with Gasteiger partial charge in [-0.3, -0.25) is 4.79 Å². The Bertz CT molecular complexity index is 734. The van der Waals surface area contributed by atoms with E-state index in [1.54, 1.807) is 24.3 Å². The summed E-state index contributed by atoms with van der Waals surface area (Å²) in [6.07, 6.45) is 0. The summed E-state index contributed by atoms with van der Waals surface area (Å²) in [6.45, 7) is 5.99. The number of hydrogen-bond acceptors (Lipinski definition) is 3. The lowest BCUT2D eigenvalue weighted by Gasteiger charge is -2.14. The highest BCUT2D eigenvalue weighted by atomic mass is 32.2. The van der Waals surface area contributed by atoms with Crippen molar-refractivity contribution in [1.82, 2.24) is 0 Å². The number of thioether (sulfide) groups is 1. The minimum Gasteiger partial charge on any atom is -0.325 e. The molecule has 0 fully saturated rings. The molecule has 0 spiro atoms. The molecule has 2 aromatic rings. The predicted molar refractivity (Wildman–Crippen MR) is 91.0 cm³/mol. The van der Waals surface area contributed by atoms with Gasteiger partial charge in [0, 0.05) is 10.6 Å². The standard InChI is InChI=1S/C18H18N2OS/c1-12-7-8-17(13(2)9-12)22-14(3)18(21)20-16-6-4-5-15(10-16)11-19/h4-10,14H,1-3H3,(H,20,21)/t14-/m1/s1. The summed E-state index contributed by atoms with van der Waals surface area (Å²) in [7, 11) is 0. The summed E-state index contributed by atoms with van der Waals surface area (Å²) < 4.78 is 0. The Morgan fingerprint density at radius 2 is 2.00 bits per heavy atom. The number of aryl methyl sites for hydroxylation is 2. The van der Waals surface area contributed by atoms with Crippen molar-refractivity contribution in [3.63, 3.8) is 0 Å². The number of anilines is 1. The van der Waals surface area contributed by atoms with Crippen LogP contribution in [-0.2, 0) is 4.79 Å². The van der Waals surface area contributed by atoms with Gasteiger partial charge in [-0.1, -0.05) is 23.8 Å². The van der Waals surface area contributed by atoms with E-state index in [1.807, 2.05) is 6.92 Å². The van der Waals surface area contributed by atoms with Crippen molar-refractivity contribution >= 4 is 23.4 Å². The van der Waals surface area contributed by atoms with Crippen LogP contribution >= 0.6 is 11.8 Å². The van der Waals surface area contributed by atoms with E-state index in [9.17, 15) is 4.79 Å². The minimum absolute atomic E-state index is 0.0694. The van der Waals surface area contributed by atoms with Gasteiger partial charge in [0.25, 0.3) is 0 Å². The molecule has 0 saturated heterocycles. The van der Waals surface area contributed by atoms with Crippen LogP contribution in [-0.4, -0.2) is 11.2 Å². The van der Waals surface area contributed by atoms with Crippen molar-refractivity contribution in [3.05, 3.63) is 59.2 Å². The first-order valence-corrected chi connectivity index (χ1v) is 7.92. The SMILES string of the molecule is Cc1ccc(S[C@H](C)C(=O)Nc2cccc(C#N)c2)c(C)c1. The van der Waals surface area contributed by atoms with Crippen LogP contribution in [0.4, 0.5) is 5.69 Å². The number of carbonyl (C=O) groups is 1. The molecular weight excluding hydrogens is 292 g/mol. The Labute approximate surface area is 135 Å². The van der Waals surface area contributed by atoms with Gasteiger partial charge in [-0.05, 0) is 50.6 Å². The van der Waals surface area contributed by atoms with E-state index in [1.165, 1.54) is 22.9 Å². The quantitative estimate of drug-likeness (QED) is 0.857. The molecule has 0 aromatic heterocycles. The lowest BCUT2D eigenvalue weighted by atomic mass is 10.2. The normalized spacial score (nSPS) is 11.5. The van der Waals surface area contributed by atoms with E-state index in [0.29, 0.717) is 11.3 Å². The average molecular weight is 310 g/mol. The Morgan fingerprint density at radius 3 is 2.68 bits per heavy atom. The van der Waals surface area contributed by atoms with E-state index in [2.05, 4.69) is 43.4 Å². The maximum absolute atomic E-state index is 12.3. The fourth-order valence-corrected chi connectivity index (χ4v) is 3.02. The third kappa shape index (κ3) is 4.12. The predicted octanol–water partition coefficient (Wildman–Crippen LogP) is 4.29. The van der Waals surface area contributed by atoms with Crippen molar-refractivity contribution in [2.24, 2.45) is 0 Å². The molecular formula is C18H18N2OS. The third-order valence-electron chi connectivity index (χ3n) is 3.26. The molecule has 0 aliphatic heterocycles. The highest BCUT2D eigenvalue weighted by Gasteiger charge is 2.15. The Morgan fingerprint density at radius 1 is 1.23 bits per heavy atom. The molecule has 1 amide bonds. The minimum atomic E-state index is -0.216. The summed E-state index contributed by atoms with van der Waals surface area (Å²) in [5, 5.41) is 11.5. The van der Waals surface area contributed by atoms with Crippen molar-refractivity contribution in [3.8, 4) is 6.07 Å². The van der Waals surface area contributed by atoms with Crippen LogP contribution < -0.4 is 5.32 Å². The first-order chi connectivity index (χ1) is 10.5. The summed E-state index contributed by atoms with van der Waals surface area (Å²) in [5.74, 6) is -0.0694. The topological polar surface area (TPSA) is 52.9 Å². The zero-order chi connectivity index (χ0) is 16.1. The highest BCUT2D eigenvalue weighted by molar-refractivity contribution is 8.00. The highest BCUT2D eigenvalue weighted by Crippen LogP contribution is 2.28. The number of nitriles is 1. The molecule has 22 heavy (non-hydrogen) atoms. The smallest absolute Gasteiger partial charge is 0.237 e. The van der Waals surface area contributed by atoms with Crippen molar-refractivity contribution in [1.29, 1.82) is 5.26 Å². The Balaban J connectivity index is 2.04. The molecule has 4 heteroatoms. The molecule has 1 N–H and O–H groups in total. The Hall–Kier alpha value is -2.25. The summed E-state index contributed by atoms with van der Waals surface area (Å²) in [6, 6.07) is 15.2. The van der Waals surface area contributed by atoms with Crippen LogP contribution in [0.25, 0.3) is 0 Å². The zero-order valence-corrected chi connectivity index (χ0v) is 13.7. The van der Waals surface area contributed by atoms with Gasteiger partial charge in [0.2, 0.25) is 5.91 Å². The molecule has 0 saturated carbocycles. The van der Waals surface area contributed by atoms with Gasteiger partial charge in [-0.25, -0.2) is 0 Å². The van der Waals surface area contributed by atoms with Crippen LogP contribution in [0.2, 0.25) is 0 Å². The molecule has 0 bridgehead atoms.